The number of aryl methyl sites for hydroxylation is 1. The molecular formula is C15H18N2O2S2. The lowest BCUT2D eigenvalue weighted by Gasteiger charge is -2.19. The molecule has 112 valence electrons. The van der Waals surface area contributed by atoms with Gasteiger partial charge >= 0.3 is 0 Å². The SMILES string of the molecule is Cc1ccc(S(=O)(=O)N2CCc3cc(C(C)N)ccc32)s1. The minimum absolute atomic E-state index is 0.0408. The zero-order valence-corrected chi connectivity index (χ0v) is 13.7. The maximum Gasteiger partial charge on any atom is 0.273 e. The highest BCUT2D eigenvalue weighted by atomic mass is 32.2. The summed E-state index contributed by atoms with van der Waals surface area (Å²) >= 11 is 1.31. The first-order chi connectivity index (χ1) is 9.89. The number of thiophene rings is 1. The van der Waals surface area contributed by atoms with Gasteiger partial charge in [-0.3, -0.25) is 4.31 Å². The van der Waals surface area contributed by atoms with Crippen molar-refractivity contribution in [3.05, 3.63) is 46.3 Å². The van der Waals surface area contributed by atoms with Gasteiger partial charge in [0.2, 0.25) is 0 Å². The van der Waals surface area contributed by atoms with Crippen molar-refractivity contribution in [2.45, 2.75) is 30.5 Å². The van der Waals surface area contributed by atoms with Gasteiger partial charge in [0.15, 0.2) is 0 Å². The fourth-order valence-electron chi connectivity index (χ4n) is 2.58. The highest BCUT2D eigenvalue weighted by molar-refractivity contribution is 7.94. The van der Waals surface area contributed by atoms with Gasteiger partial charge in [-0.2, -0.15) is 0 Å². The number of benzene rings is 1. The predicted molar refractivity (Wildman–Crippen MR) is 86.3 cm³/mol. The van der Waals surface area contributed by atoms with Gasteiger partial charge in [-0.1, -0.05) is 12.1 Å². The second-order valence-electron chi connectivity index (χ2n) is 5.37. The summed E-state index contributed by atoms with van der Waals surface area (Å²) in [6, 6.07) is 9.30. The fourth-order valence-corrected chi connectivity index (χ4v) is 5.48. The van der Waals surface area contributed by atoms with Gasteiger partial charge < -0.3 is 5.73 Å². The van der Waals surface area contributed by atoms with Crippen LogP contribution in [0.5, 0.6) is 0 Å². The highest BCUT2D eigenvalue weighted by Gasteiger charge is 2.31. The van der Waals surface area contributed by atoms with E-state index in [9.17, 15) is 8.42 Å². The van der Waals surface area contributed by atoms with Crippen LogP contribution in [-0.4, -0.2) is 15.0 Å². The average Bonchev–Trinajstić information content (AvgIpc) is 3.04. The average molecular weight is 322 g/mol. The third-order valence-corrected chi connectivity index (χ3v) is 7.02. The van der Waals surface area contributed by atoms with Crippen LogP contribution in [0.25, 0.3) is 0 Å². The van der Waals surface area contributed by atoms with Crippen molar-refractivity contribution in [3.63, 3.8) is 0 Å². The normalized spacial score (nSPS) is 16.0. The number of hydrogen-bond acceptors (Lipinski definition) is 4. The molecule has 0 amide bonds. The van der Waals surface area contributed by atoms with Gasteiger partial charge in [-0.05, 0) is 49.6 Å². The largest absolute Gasteiger partial charge is 0.324 e. The van der Waals surface area contributed by atoms with Crippen LogP contribution in [0.1, 0.15) is 29.0 Å². The highest BCUT2D eigenvalue weighted by Crippen LogP contribution is 2.35. The van der Waals surface area contributed by atoms with E-state index in [0.717, 1.165) is 28.1 Å². The van der Waals surface area contributed by atoms with Crippen LogP contribution < -0.4 is 10.0 Å². The Morgan fingerprint density at radius 2 is 2.05 bits per heavy atom. The van der Waals surface area contributed by atoms with Crippen LogP contribution in [0.3, 0.4) is 0 Å². The van der Waals surface area contributed by atoms with Crippen molar-refractivity contribution in [1.82, 2.24) is 0 Å². The molecule has 1 aromatic heterocycles. The summed E-state index contributed by atoms with van der Waals surface area (Å²) in [6.07, 6.45) is 0.736. The number of anilines is 1. The van der Waals surface area contributed by atoms with E-state index in [1.807, 2.05) is 38.1 Å². The Kier molecular flexibility index (Phi) is 3.55. The smallest absolute Gasteiger partial charge is 0.273 e. The first kappa shape index (κ1) is 14.6. The quantitative estimate of drug-likeness (QED) is 0.945. The first-order valence-electron chi connectivity index (χ1n) is 6.87. The van der Waals surface area contributed by atoms with Gasteiger partial charge in [-0.25, -0.2) is 8.42 Å². The van der Waals surface area contributed by atoms with Crippen LogP contribution in [0.4, 0.5) is 5.69 Å². The Hall–Kier alpha value is -1.37. The lowest BCUT2D eigenvalue weighted by molar-refractivity contribution is 0.594. The molecule has 2 N–H and O–H groups in total. The standard InChI is InChI=1S/C15H18N2O2S2/c1-10-3-6-15(20-10)21(18,19)17-8-7-13-9-12(11(2)16)4-5-14(13)17/h3-6,9,11H,7-8,16H2,1-2H3. The number of sulfonamides is 1. The monoisotopic (exact) mass is 322 g/mol. The van der Waals surface area contributed by atoms with E-state index in [-0.39, 0.29) is 6.04 Å². The van der Waals surface area contributed by atoms with Crippen LogP contribution >= 0.6 is 11.3 Å². The number of nitrogens with two attached hydrogens (primary N) is 1. The molecule has 1 unspecified atom stereocenters. The van der Waals surface area contributed by atoms with E-state index in [4.69, 9.17) is 5.73 Å². The van der Waals surface area contributed by atoms with E-state index in [1.54, 1.807) is 6.07 Å². The Morgan fingerprint density at radius 3 is 2.67 bits per heavy atom. The third kappa shape index (κ3) is 2.47. The maximum absolute atomic E-state index is 12.7. The fraction of sp³-hybridized carbons (Fsp3) is 0.333. The van der Waals surface area contributed by atoms with Crippen molar-refractivity contribution in [1.29, 1.82) is 0 Å². The molecule has 1 aliphatic rings. The molecule has 1 aromatic carbocycles. The van der Waals surface area contributed by atoms with Crippen LogP contribution in [0.2, 0.25) is 0 Å². The van der Waals surface area contributed by atoms with Gasteiger partial charge in [0, 0.05) is 17.5 Å². The number of nitrogens with zero attached hydrogens (tertiary/aromatic N) is 1. The van der Waals surface area contributed by atoms with Crippen molar-refractivity contribution < 1.29 is 8.42 Å². The van der Waals surface area contributed by atoms with Crippen LogP contribution in [0, 0.1) is 6.92 Å². The van der Waals surface area contributed by atoms with Crippen LogP contribution in [-0.2, 0) is 16.4 Å². The molecule has 0 spiro atoms. The lowest BCUT2D eigenvalue weighted by atomic mass is 10.0. The Bertz CT molecular complexity index is 779. The molecule has 0 fully saturated rings. The van der Waals surface area contributed by atoms with Crippen LogP contribution in [0.15, 0.2) is 34.5 Å². The summed E-state index contributed by atoms with van der Waals surface area (Å²) in [5, 5.41) is 0. The Balaban J connectivity index is 2.01. The molecule has 0 radical (unpaired) electrons. The van der Waals surface area contributed by atoms with E-state index in [1.165, 1.54) is 15.6 Å². The minimum atomic E-state index is -3.44. The summed E-state index contributed by atoms with van der Waals surface area (Å²) in [4.78, 5) is 1.00. The van der Waals surface area contributed by atoms with Gasteiger partial charge in [0.1, 0.15) is 4.21 Å². The van der Waals surface area contributed by atoms with Crippen molar-refractivity contribution in [2.75, 3.05) is 10.8 Å². The molecule has 3 rings (SSSR count). The van der Waals surface area contributed by atoms with Crippen molar-refractivity contribution >= 4 is 27.0 Å². The summed E-state index contributed by atoms with van der Waals surface area (Å²) in [5.41, 5.74) is 8.77. The Morgan fingerprint density at radius 1 is 1.29 bits per heavy atom. The molecular weight excluding hydrogens is 304 g/mol. The molecule has 2 aromatic rings. The summed E-state index contributed by atoms with van der Waals surface area (Å²) in [7, 11) is -3.44. The summed E-state index contributed by atoms with van der Waals surface area (Å²) < 4.78 is 27.4. The van der Waals surface area contributed by atoms with E-state index in [0.29, 0.717) is 10.8 Å². The molecule has 0 bridgehead atoms. The maximum atomic E-state index is 12.7. The molecule has 1 aliphatic heterocycles. The second-order valence-corrected chi connectivity index (χ2v) is 8.75. The topological polar surface area (TPSA) is 63.4 Å². The summed E-state index contributed by atoms with van der Waals surface area (Å²) in [5.74, 6) is 0. The molecule has 4 nitrogen and oxygen atoms in total. The zero-order valence-electron chi connectivity index (χ0n) is 12.0. The second kappa shape index (κ2) is 5.12. The number of hydrogen-bond donors (Lipinski definition) is 1. The van der Waals surface area contributed by atoms with E-state index >= 15 is 0 Å². The third-order valence-electron chi connectivity index (χ3n) is 3.74. The molecule has 6 heteroatoms. The number of rotatable bonds is 3. The first-order valence-corrected chi connectivity index (χ1v) is 9.13. The van der Waals surface area contributed by atoms with Gasteiger partial charge in [-0.15, -0.1) is 11.3 Å². The molecule has 0 saturated heterocycles. The van der Waals surface area contributed by atoms with Crippen molar-refractivity contribution in [3.8, 4) is 0 Å². The molecule has 21 heavy (non-hydrogen) atoms. The molecule has 2 heterocycles. The Labute approximate surface area is 129 Å². The predicted octanol–water partition coefficient (Wildman–Crippen LogP) is 2.83. The van der Waals surface area contributed by atoms with Gasteiger partial charge in [0.25, 0.3) is 10.0 Å². The van der Waals surface area contributed by atoms with Crippen molar-refractivity contribution in [2.24, 2.45) is 5.73 Å². The van der Waals surface area contributed by atoms with Gasteiger partial charge in [0.05, 0.1) is 5.69 Å². The molecule has 0 saturated carbocycles. The van der Waals surface area contributed by atoms with E-state index < -0.39 is 10.0 Å². The number of fused-ring (bicyclic) bond motifs is 1. The summed E-state index contributed by atoms with van der Waals surface area (Å²) in [6.45, 7) is 4.34. The zero-order chi connectivity index (χ0) is 15.2. The minimum Gasteiger partial charge on any atom is -0.324 e. The molecule has 1 atom stereocenters. The van der Waals surface area contributed by atoms with E-state index in [2.05, 4.69) is 0 Å². The lowest BCUT2D eigenvalue weighted by Crippen LogP contribution is -2.28. The molecule has 0 aliphatic carbocycles.